The Morgan fingerprint density at radius 3 is 2.68 bits per heavy atom. The van der Waals surface area contributed by atoms with Crippen molar-refractivity contribution in [1.29, 1.82) is 0 Å². The van der Waals surface area contributed by atoms with Crippen LogP contribution in [-0.2, 0) is 13.1 Å². The second-order valence-corrected chi connectivity index (χ2v) is 8.26. The van der Waals surface area contributed by atoms with Crippen molar-refractivity contribution in [1.82, 2.24) is 9.88 Å². The molecule has 1 aliphatic heterocycles. The zero-order chi connectivity index (χ0) is 21.3. The molecule has 3 heterocycles. The molecule has 0 radical (unpaired) electrons. The Balaban J connectivity index is 1.76. The van der Waals surface area contributed by atoms with Crippen molar-refractivity contribution in [2.24, 2.45) is 0 Å². The van der Waals surface area contributed by atoms with Crippen molar-refractivity contribution in [2.45, 2.75) is 38.3 Å². The number of hydrogen-bond acceptors (Lipinski definition) is 4. The normalized spacial score (nSPS) is 16.1. The highest BCUT2D eigenvalue weighted by Crippen LogP contribution is 2.38. The predicted molar refractivity (Wildman–Crippen MR) is 113 cm³/mol. The van der Waals surface area contributed by atoms with Gasteiger partial charge in [-0.3, -0.25) is 14.2 Å². The fourth-order valence-corrected chi connectivity index (χ4v) is 4.70. The smallest absolute Gasteiger partial charge is 0.270 e. The lowest BCUT2D eigenvalue weighted by atomic mass is 9.82. The summed E-state index contributed by atoms with van der Waals surface area (Å²) in [6, 6.07) is 8.90. The fraction of sp³-hybridized carbons (Fsp3) is 0.250. The van der Waals surface area contributed by atoms with E-state index in [0.717, 1.165) is 41.0 Å². The summed E-state index contributed by atoms with van der Waals surface area (Å²) in [5.41, 5.74) is 1.87. The Bertz CT molecular complexity index is 1520. The Kier molecular flexibility index (Phi) is 3.92. The van der Waals surface area contributed by atoms with Crippen molar-refractivity contribution in [3.8, 4) is 5.69 Å². The van der Waals surface area contributed by atoms with Crippen LogP contribution in [0.3, 0.4) is 0 Å². The van der Waals surface area contributed by atoms with Crippen molar-refractivity contribution in [3.05, 3.63) is 85.4 Å². The number of halogens is 2. The molecule has 0 atom stereocenters. The maximum atomic E-state index is 14.7. The van der Waals surface area contributed by atoms with Gasteiger partial charge >= 0.3 is 0 Å². The molecular formula is C24H18F2N2O3. The number of pyridine rings is 1. The lowest BCUT2D eigenvalue weighted by molar-refractivity contribution is 0.402. The van der Waals surface area contributed by atoms with Crippen LogP contribution in [0, 0.1) is 11.6 Å². The third-order valence-corrected chi connectivity index (χ3v) is 6.55. The van der Waals surface area contributed by atoms with Gasteiger partial charge in [0.25, 0.3) is 5.56 Å². The highest BCUT2D eigenvalue weighted by Gasteiger charge is 2.28. The van der Waals surface area contributed by atoms with Crippen molar-refractivity contribution in [2.75, 3.05) is 0 Å². The molecule has 7 heteroatoms. The molecular weight excluding hydrogens is 402 g/mol. The minimum atomic E-state index is -1.11. The lowest BCUT2D eigenvalue weighted by Gasteiger charge is -2.28. The molecule has 5 nitrogen and oxygen atoms in total. The molecule has 1 fully saturated rings. The first-order chi connectivity index (χ1) is 15.0. The first-order valence-electron chi connectivity index (χ1n) is 10.4. The van der Waals surface area contributed by atoms with Crippen molar-refractivity contribution < 1.29 is 13.2 Å². The van der Waals surface area contributed by atoms with E-state index in [1.54, 1.807) is 12.1 Å². The van der Waals surface area contributed by atoms with Gasteiger partial charge in [0.1, 0.15) is 16.6 Å². The minimum absolute atomic E-state index is 0.0175. The largest absolute Gasteiger partial charge is 0.455 e. The second-order valence-electron chi connectivity index (χ2n) is 8.26. The maximum absolute atomic E-state index is 14.7. The third-order valence-electron chi connectivity index (χ3n) is 6.55. The molecule has 1 saturated carbocycles. The molecule has 0 amide bonds. The number of benzene rings is 2. The van der Waals surface area contributed by atoms with Gasteiger partial charge < -0.3 is 9.73 Å². The van der Waals surface area contributed by atoms with Gasteiger partial charge in [-0.25, -0.2) is 8.78 Å². The van der Waals surface area contributed by atoms with E-state index in [9.17, 15) is 18.4 Å². The Hall–Kier alpha value is -3.32. The predicted octanol–water partition coefficient (Wildman–Crippen LogP) is 4.25. The number of hydrogen-bond donors (Lipinski definition) is 1. The summed E-state index contributed by atoms with van der Waals surface area (Å²) >= 11 is 0. The summed E-state index contributed by atoms with van der Waals surface area (Å²) < 4.78 is 36.0. The summed E-state index contributed by atoms with van der Waals surface area (Å²) in [6.45, 7) is 1.28. The van der Waals surface area contributed by atoms with E-state index in [0.29, 0.717) is 29.8 Å². The van der Waals surface area contributed by atoms with E-state index in [-0.39, 0.29) is 22.6 Å². The van der Waals surface area contributed by atoms with Crippen LogP contribution in [0.15, 0.2) is 50.4 Å². The molecule has 1 aliphatic carbocycles. The van der Waals surface area contributed by atoms with E-state index in [4.69, 9.17) is 4.42 Å². The first kappa shape index (κ1) is 18.4. The molecule has 2 aromatic heterocycles. The average molecular weight is 420 g/mol. The van der Waals surface area contributed by atoms with Crippen molar-refractivity contribution >= 4 is 21.9 Å². The first-order valence-corrected chi connectivity index (χ1v) is 10.4. The van der Waals surface area contributed by atoms with Gasteiger partial charge in [0.2, 0.25) is 5.43 Å². The number of nitrogens with zero attached hydrogens (tertiary/aromatic N) is 1. The molecule has 0 unspecified atom stereocenters. The van der Waals surface area contributed by atoms with Crippen LogP contribution in [0.2, 0.25) is 0 Å². The molecule has 31 heavy (non-hydrogen) atoms. The van der Waals surface area contributed by atoms with Gasteiger partial charge in [-0.15, -0.1) is 0 Å². The molecule has 0 saturated heterocycles. The van der Waals surface area contributed by atoms with E-state index in [1.807, 2.05) is 6.07 Å². The highest BCUT2D eigenvalue weighted by molar-refractivity contribution is 5.91. The quantitative estimate of drug-likeness (QED) is 0.493. The number of rotatable bonds is 2. The van der Waals surface area contributed by atoms with Crippen molar-refractivity contribution in [3.63, 3.8) is 0 Å². The van der Waals surface area contributed by atoms with Crippen LogP contribution in [0.1, 0.15) is 42.0 Å². The molecule has 1 N–H and O–H groups in total. The van der Waals surface area contributed by atoms with E-state index < -0.39 is 22.6 Å². The van der Waals surface area contributed by atoms with E-state index >= 15 is 0 Å². The summed E-state index contributed by atoms with van der Waals surface area (Å²) in [6.07, 6.45) is 2.65. The monoisotopic (exact) mass is 420 g/mol. The van der Waals surface area contributed by atoms with Gasteiger partial charge in [0.15, 0.2) is 11.6 Å². The second kappa shape index (κ2) is 6.59. The van der Waals surface area contributed by atoms with Crippen LogP contribution in [0.5, 0.6) is 0 Å². The van der Waals surface area contributed by atoms with Crippen LogP contribution in [0.25, 0.3) is 27.6 Å². The average Bonchev–Trinajstić information content (AvgIpc) is 3.19. The minimum Gasteiger partial charge on any atom is -0.455 e. The van der Waals surface area contributed by atoms with Gasteiger partial charge in [0, 0.05) is 30.4 Å². The number of nitrogens with one attached hydrogen (secondary N) is 1. The summed E-state index contributed by atoms with van der Waals surface area (Å²) in [5, 5.41) is 3.41. The van der Waals surface area contributed by atoms with Crippen LogP contribution in [0.4, 0.5) is 8.78 Å². The lowest BCUT2D eigenvalue weighted by Crippen LogP contribution is -2.29. The summed E-state index contributed by atoms with van der Waals surface area (Å²) in [5.74, 6) is -2.14. The summed E-state index contributed by atoms with van der Waals surface area (Å²) in [4.78, 5) is 26.9. The highest BCUT2D eigenvalue weighted by atomic mass is 19.2. The van der Waals surface area contributed by atoms with Crippen LogP contribution in [-0.4, -0.2) is 4.57 Å². The Labute approximate surface area is 174 Å². The SMILES string of the molecule is O=c1c2ccc3c(c2oc2cc(C4CCC4)n(-c4cccc(F)c4F)c(=O)c12)CNC3. The van der Waals surface area contributed by atoms with E-state index in [1.165, 1.54) is 12.1 Å². The molecule has 6 rings (SSSR count). The maximum Gasteiger partial charge on any atom is 0.270 e. The van der Waals surface area contributed by atoms with Crippen LogP contribution >= 0.6 is 0 Å². The van der Waals surface area contributed by atoms with Gasteiger partial charge in [-0.1, -0.05) is 18.6 Å². The van der Waals surface area contributed by atoms with Gasteiger partial charge in [-0.05, 0) is 42.5 Å². The van der Waals surface area contributed by atoms with Gasteiger partial charge in [0.05, 0.1) is 11.1 Å². The molecule has 156 valence electrons. The standard InChI is InChI=1S/C24H18F2N2O3/c25-16-5-2-6-17(21(16)26)28-18(12-3-1-4-12)9-19-20(24(28)30)22(29)14-8-7-13-10-27-11-15(13)23(14)31-19/h2,5-9,12,27H,1,3-4,10-11H2. The zero-order valence-electron chi connectivity index (χ0n) is 16.5. The van der Waals surface area contributed by atoms with Gasteiger partial charge in [-0.2, -0.15) is 0 Å². The van der Waals surface area contributed by atoms with E-state index in [2.05, 4.69) is 5.32 Å². The molecule has 0 spiro atoms. The Morgan fingerprint density at radius 2 is 1.90 bits per heavy atom. The fourth-order valence-electron chi connectivity index (χ4n) is 4.70. The topological polar surface area (TPSA) is 64.2 Å². The Morgan fingerprint density at radius 1 is 1.06 bits per heavy atom. The molecule has 4 aromatic rings. The zero-order valence-corrected chi connectivity index (χ0v) is 16.5. The van der Waals surface area contributed by atoms with Crippen LogP contribution < -0.4 is 16.3 Å². The molecule has 2 aromatic carbocycles. The molecule has 2 aliphatic rings. The summed E-state index contributed by atoms with van der Waals surface area (Å²) in [7, 11) is 0. The third kappa shape index (κ3) is 2.56. The number of aromatic nitrogens is 1. The molecule has 0 bridgehead atoms. The number of fused-ring (bicyclic) bond motifs is 4.